The molecule has 3 N–H and O–H groups in total. The van der Waals surface area contributed by atoms with Crippen LogP contribution in [0.15, 0.2) is 18.2 Å². The van der Waals surface area contributed by atoms with Gasteiger partial charge < -0.3 is 15.6 Å². The fourth-order valence-corrected chi connectivity index (χ4v) is 2.14. The van der Waals surface area contributed by atoms with Crippen molar-refractivity contribution in [3.05, 3.63) is 29.3 Å². The first-order valence-electron chi connectivity index (χ1n) is 6.27. The third-order valence-corrected chi connectivity index (χ3v) is 3.37. The van der Waals surface area contributed by atoms with Gasteiger partial charge in [0.25, 0.3) is 0 Å². The maximum atomic E-state index is 10.5. The molecule has 2 rings (SSSR count). The molecule has 1 aliphatic rings. The molecule has 0 spiro atoms. The Labute approximate surface area is 107 Å². The van der Waals surface area contributed by atoms with Gasteiger partial charge in [0.15, 0.2) is 0 Å². The second kappa shape index (κ2) is 5.40. The van der Waals surface area contributed by atoms with Crippen molar-refractivity contribution in [1.29, 1.82) is 0 Å². The average molecular weight is 249 g/mol. The van der Waals surface area contributed by atoms with Crippen LogP contribution in [0.1, 0.15) is 48.8 Å². The van der Waals surface area contributed by atoms with Crippen molar-refractivity contribution in [2.24, 2.45) is 5.73 Å². The van der Waals surface area contributed by atoms with E-state index in [-0.39, 0.29) is 12.5 Å². The van der Waals surface area contributed by atoms with Gasteiger partial charge in [0.05, 0.1) is 7.11 Å². The van der Waals surface area contributed by atoms with Gasteiger partial charge in [0.2, 0.25) is 0 Å². The lowest BCUT2D eigenvalue weighted by molar-refractivity contribution is -0.137. The summed E-state index contributed by atoms with van der Waals surface area (Å²) >= 11 is 0. The SMILES string of the molecule is COc1cc(C(N)CCC(=O)O)ccc1C1CC1. The molecule has 4 nitrogen and oxygen atoms in total. The highest BCUT2D eigenvalue weighted by atomic mass is 16.5. The van der Waals surface area contributed by atoms with E-state index in [4.69, 9.17) is 15.6 Å². The summed E-state index contributed by atoms with van der Waals surface area (Å²) in [6.07, 6.45) is 2.98. The molecule has 4 heteroatoms. The molecular weight excluding hydrogens is 230 g/mol. The highest BCUT2D eigenvalue weighted by Gasteiger charge is 2.27. The molecule has 1 aromatic carbocycles. The Morgan fingerprint density at radius 2 is 2.28 bits per heavy atom. The van der Waals surface area contributed by atoms with Crippen molar-refractivity contribution in [3.63, 3.8) is 0 Å². The monoisotopic (exact) mass is 249 g/mol. The maximum Gasteiger partial charge on any atom is 0.303 e. The number of hydrogen-bond donors (Lipinski definition) is 2. The third kappa shape index (κ3) is 3.01. The number of aliphatic carboxylic acids is 1. The molecule has 0 aromatic heterocycles. The summed E-state index contributed by atoms with van der Waals surface area (Å²) in [4.78, 5) is 10.5. The lowest BCUT2D eigenvalue weighted by atomic mass is 9.99. The summed E-state index contributed by atoms with van der Waals surface area (Å²) in [6.45, 7) is 0. The van der Waals surface area contributed by atoms with Crippen LogP contribution in [0, 0.1) is 0 Å². The van der Waals surface area contributed by atoms with E-state index < -0.39 is 5.97 Å². The van der Waals surface area contributed by atoms with Crippen molar-refractivity contribution >= 4 is 5.97 Å². The Morgan fingerprint density at radius 1 is 1.56 bits per heavy atom. The number of nitrogens with two attached hydrogens (primary N) is 1. The van der Waals surface area contributed by atoms with Crippen LogP contribution in [-0.4, -0.2) is 18.2 Å². The predicted octanol–water partition coefficient (Wildman–Crippen LogP) is 2.44. The van der Waals surface area contributed by atoms with Gasteiger partial charge in [-0.3, -0.25) is 4.79 Å². The Morgan fingerprint density at radius 3 is 2.83 bits per heavy atom. The Hall–Kier alpha value is -1.55. The van der Waals surface area contributed by atoms with Crippen LogP contribution < -0.4 is 10.5 Å². The van der Waals surface area contributed by atoms with Gasteiger partial charge in [-0.15, -0.1) is 0 Å². The van der Waals surface area contributed by atoms with Crippen molar-refractivity contribution in [2.75, 3.05) is 7.11 Å². The van der Waals surface area contributed by atoms with Crippen molar-refractivity contribution in [3.8, 4) is 5.75 Å². The van der Waals surface area contributed by atoms with E-state index in [1.54, 1.807) is 7.11 Å². The fourth-order valence-electron chi connectivity index (χ4n) is 2.14. The topological polar surface area (TPSA) is 72.5 Å². The molecule has 0 heterocycles. The van der Waals surface area contributed by atoms with E-state index in [9.17, 15) is 4.79 Å². The van der Waals surface area contributed by atoms with E-state index >= 15 is 0 Å². The molecule has 1 saturated carbocycles. The molecule has 1 fully saturated rings. The minimum absolute atomic E-state index is 0.0911. The molecule has 98 valence electrons. The number of methoxy groups -OCH3 is 1. The highest BCUT2D eigenvalue weighted by molar-refractivity contribution is 5.66. The molecule has 0 aliphatic heterocycles. The molecule has 0 radical (unpaired) electrons. The molecule has 1 atom stereocenters. The Kier molecular flexibility index (Phi) is 3.87. The Balaban J connectivity index is 2.10. The molecule has 1 aliphatic carbocycles. The number of rotatable bonds is 6. The second-order valence-electron chi connectivity index (χ2n) is 4.81. The number of carbonyl (C=O) groups is 1. The molecule has 1 aromatic rings. The van der Waals surface area contributed by atoms with Crippen molar-refractivity contribution in [2.45, 2.75) is 37.6 Å². The minimum Gasteiger partial charge on any atom is -0.496 e. The summed E-state index contributed by atoms with van der Waals surface area (Å²) in [6, 6.07) is 5.75. The van der Waals surface area contributed by atoms with Crippen LogP contribution in [0.4, 0.5) is 0 Å². The van der Waals surface area contributed by atoms with E-state index in [1.807, 2.05) is 12.1 Å². The van der Waals surface area contributed by atoms with Crippen LogP contribution in [0.5, 0.6) is 5.75 Å². The first-order valence-corrected chi connectivity index (χ1v) is 6.27. The van der Waals surface area contributed by atoms with Crippen LogP contribution in [0.2, 0.25) is 0 Å². The van der Waals surface area contributed by atoms with Gasteiger partial charge in [0, 0.05) is 12.5 Å². The molecule has 0 saturated heterocycles. The molecule has 18 heavy (non-hydrogen) atoms. The lowest BCUT2D eigenvalue weighted by Gasteiger charge is -2.14. The smallest absolute Gasteiger partial charge is 0.303 e. The normalized spacial score (nSPS) is 16.3. The molecule has 1 unspecified atom stereocenters. The van der Waals surface area contributed by atoms with E-state index in [1.165, 1.54) is 18.4 Å². The van der Waals surface area contributed by atoms with Crippen LogP contribution >= 0.6 is 0 Å². The number of hydrogen-bond acceptors (Lipinski definition) is 3. The maximum absolute atomic E-state index is 10.5. The van der Waals surface area contributed by atoms with E-state index in [0.29, 0.717) is 12.3 Å². The Bertz CT molecular complexity index is 441. The number of carboxylic acid groups (broad SMARTS) is 1. The van der Waals surface area contributed by atoms with E-state index in [2.05, 4.69) is 6.07 Å². The van der Waals surface area contributed by atoms with Gasteiger partial charge in [-0.25, -0.2) is 0 Å². The zero-order valence-electron chi connectivity index (χ0n) is 10.6. The molecule has 0 amide bonds. The minimum atomic E-state index is -0.813. The zero-order chi connectivity index (χ0) is 13.1. The highest BCUT2D eigenvalue weighted by Crippen LogP contribution is 2.44. The quantitative estimate of drug-likeness (QED) is 0.812. The number of ether oxygens (including phenoxy) is 1. The predicted molar refractivity (Wildman–Crippen MR) is 68.8 cm³/mol. The number of benzene rings is 1. The largest absolute Gasteiger partial charge is 0.496 e. The summed E-state index contributed by atoms with van der Waals surface area (Å²) in [5.74, 6) is 0.692. The first kappa shape index (κ1) is 12.9. The standard InChI is InChI=1S/C14H19NO3/c1-18-13-8-10(12(15)6-7-14(16)17)4-5-11(13)9-2-3-9/h4-5,8-9,12H,2-3,6-7,15H2,1H3,(H,16,17). The van der Waals surface area contributed by atoms with E-state index in [0.717, 1.165) is 11.3 Å². The fraction of sp³-hybridized carbons (Fsp3) is 0.500. The van der Waals surface area contributed by atoms with Crippen LogP contribution in [0.3, 0.4) is 0 Å². The van der Waals surface area contributed by atoms with Gasteiger partial charge >= 0.3 is 5.97 Å². The van der Waals surface area contributed by atoms with Gasteiger partial charge in [-0.2, -0.15) is 0 Å². The average Bonchev–Trinajstić information content (AvgIpc) is 3.19. The summed E-state index contributed by atoms with van der Waals surface area (Å²) < 4.78 is 5.39. The molecular formula is C14H19NO3. The van der Waals surface area contributed by atoms with Crippen molar-refractivity contribution in [1.82, 2.24) is 0 Å². The van der Waals surface area contributed by atoms with Crippen LogP contribution in [-0.2, 0) is 4.79 Å². The van der Waals surface area contributed by atoms with Crippen molar-refractivity contribution < 1.29 is 14.6 Å². The van der Waals surface area contributed by atoms with Gasteiger partial charge in [-0.1, -0.05) is 12.1 Å². The zero-order valence-corrected chi connectivity index (χ0v) is 10.6. The van der Waals surface area contributed by atoms with Gasteiger partial charge in [0.1, 0.15) is 5.75 Å². The third-order valence-electron chi connectivity index (χ3n) is 3.37. The van der Waals surface area contributed by atoms with Crippen LogP contribution in [0.25, 0.3) is 0 Å². The molecule has 0 bridgehead atoms. The lowest BCUT2D eigenvalue weighted by Crippen LogP contribution is -2.12. The number of carboxylic acids is 1. The summed E-state index contributed by atoms with van der Waals surface area (Å²) in [5.41, 5.74) is 8.17. The summed E-state index contributed by atoms with van der Waals surface area (Å²) in [5, 5.41) is 8.65. The second-order valence-corrected chi connectivity index (χ2v) is 4.81. The first-order chi connectivity index (χ1) is 8.61. The summed E-state index contributed by atoms with van der Waals surface area (Å²) in [7, 11) is 1.66. The van der Waals surface area contributed by atoms with Gasteiger partial charge in [-0.05, 0) is 42.4 Å².